The van der Waals surface area contributed by atoms with E-state index >= 15 is 0 Å². The van der Waals surface area contributed by atoms with Crippen molar-refractivity contribution in [2.24, 2.45) is 0 Å². The number of hydrogen-bond acceptors (Lipinski definition) is 3. The second-order valence-electron chi connectivity index (χ2n) is 10.4. The lowest BCUT2D eigenvalue weighted by molar-refractivity contribution is 0.216. The molecule has 4 nitrogen and oxygen atoms in total. The molecule has 1 N–H and O–H groups in total. The van der Waals surface area contributed by atoms with Gasteiger partial charge in [-0.05, 0) is 58.0 Å². The first-order chi connectivity index (χ1) is 19.7. The zero-order valence-corrected chi connectivity index (χ0v) is 22.2. The van der Waals surface area contributed by atoms with E-state index in [0.717, 1.165) is 52.8 Å². The van der Waals surface area contributed by atoms with Gasteiger partial charge in [0.15, 0.2) is 0 Å². The highest BCUT2D eigenvalue weighted by Crippen LogP contribution is 2.41. The Kier molecular flexibility index (Phi) is 6.18. The van der Waals surface area contributed by atoms with Crippen molar-refractivity contribution in [1.29, 1.82) is 0 Å². The summed E-state index contributed by atoms with van der Waals surface area (Å²) in [4.78, 5) is 4.78. The maximum Gasteiger partial charge on any atom is 0.123 e. The molecule has 0 radical (unpaired) electrons. The van der Waals surface area contributed by atoms with E-state index in [0.29, 0.717) is 5.69 Å². The van der Waals surface area contributed by atoms with Gasteiger partial charge < -0.3 is 14.4 Å². The molecule has 1 atom stereocenters. The molecule has 6 aromatic rings. The van der Waals surface area contributed by atoms with Crippen LogP contribution in [0.4, 0.5) is 0 Å². The predicted molar refractivity (Wildman–Crippen MR) is 159 cm³/mol. The van der Waals surface area contributed by atoms with E-state index in [2.05, 4.69) is 102 Å². The van der Waals surface area contributed by atoms with Crippen LogP contribution in [0.5, 0.6) is 5.75 Å². The second kappa shape index (κ2) is 10.1. The molecule has 7 rings (SSSR count). The van der Waals surface area contributed by atoms with E-state index in [9.17, 15) is 5.11 Å². The van der Waals surface area contributed by atoms with Crippen LogP contribution in [0.3, 0.4) is 0 Å². The van der Waals surface area contributed by atoms with Crippen LogP contribution in [0.1, 0.15) is 46.0 Å². The maximum atomic E-state index is 11.6. The van der Waals surface area contributed by atoms with E-state index < -0.39 is 11.6 Å². The first-order valence-corrected chi connectivity index (χ1v) is 13.8. The smallest absolute Gasteiger partial charge is 0.123 e. The fourth-order valence-corrected chi connectivity index (χ4v) is 6.21. The molecule has 0 fully saturated rings. The minimum Gasteiger partial charge on any atom is -0.493 e. The Hall–Kier alpha value is -4.67. The van der Waals surface area contributed by atoms with Gasteiger partial charge in [0, 0.05) is 11.8 Å². The third-order valence-electron chi connectivity index (χ3n) is 8.10. The van der Waals surface area contributed by atoms with Gasteiger partial charge in [-0.1, -0.05) is 109 Å². The van der Waals surface area contributed by atoms with Gasteiger partial charge in [-0.2, -0.15) is 0 Å². The van der Waals surface area contributed by atoms with Gasteiger partial charge in [0.2, 0.25) is 0 Å². The van der Waals surface area contributed by atoms with Crippen molar-refractivity contribution in [2.75, 3.05) is 6.61 Å². The molecular weight excluding hydrogens is 492 g/mol. The quantitative estimate of drug-likeness (QED) is 0.234. The summed E-state index contributed by atoms with van der Waals surface area (Å²) in [6, 6.07) is 41.8. The normalized spacial score (nSPS) is 13.9. The number of fused-ring (bicyclic) bond motifs is 3. The fraction of sp³-hybridized carbons (Fsp3) is 0.139. The average Bonchev–Trinajstić information content (AvgIpc) is 3.53. The Morgan fingerprint density at radius 1 is 0.750 bits per heavy atom. The van der Waals surface area contributed by atoms with Gasteiger partial charge in [-0.15, -0.1) is 0 Å². The number of rotatable bonds is 6. The summed E-state index contributed by atoms with van der Waals surface area (Å²) >= 11 is 0. The molecule has 0 aliphatic carbocycles. The average molecular weight is 523 g/mol. The first-order valence-electron chi connectivity index (χ1n) is 13.8. The van der Waals surface area contributed by atoms with Crippen LogP contribution in [-0.2, 0) is 12.0 Å². The molecule has 0 saturated heterocycles. The van der Waals surface area contributed by atoms with Crippen molar-refractivity contribution in [3.8, 4) is 5.75 Å². The summed E-state index contributed by atoms with van der Waals surface area (Å²) in [7, 11) is 0. The summed E-state index contributed by atoms with van der Waals surface area (Å²) in [5, 5.41) is 13.9. The van der Waals surface area contributed by atoms with Crippen molar-refractivity contribution in [2.45, 2.75) is 24.5 Å². The third-order valence-corrected chi connectivity index (χ3v) is 8.10. The van der Waals surface area contributed by atoms with Crippen LogP contribution in [0.25, 0.3) is 10.8 Å². The summed E-state index contributed by atoms with van der Waals surface area (Å²) in [6.45, 7) is 0.772. The first kappa shape index (κ1) is 24.4. The van der Waals surface area contributed by atoms with Crippen LogP contribution in [-0.4, -0.2) is 21.3 Å². The zero-order valence-electron chi connectivity index (χ0n) is 22.2. The summed E-state index contributed by atoms with van der Waals surface area (Å²) in [6.07, 6.45) is 5.01. The van der Waals surface area contributed by atoms with E-state index in [1.54, 1.807) is 0 Å². The molecule has 40 heavy (non-hydrogen) atoms. The van der Waals surface area contributed by atoms with E-state index in [4.69, 9.17) is 9.72 Å². The molecule has 0 spiro atoms. The Morgan fingerprint density at radius 2 is 1.38 bits per heavy atom. The fourth-order valence-electron chi connectivity index (χ4n) is 6.21. The monoisotopic (exact) mass is 522 g/mol. The van der Waals surface area contributed by atoms with Crippen LogP contribution in [0.15, 0.2) is 134 Å². The van der Waals surface area contributed by atoms with Crippen molar-refractivity contribution < 1.29 is 9.84 Å². The molecule has 1 aliphatic heterocycles. The lowest BCUT2D eigenvalue weighted by atomic mass is 9.77. The summed E-state index contributed by atoms with van der Waals surface area (Å²) in [5.41, 5.74) is 5.35. The molecule has 1 aliphatic rings. The highest BCUT2D eigenvalue weighted by atomic mass is 16.5. The number of hydrogen-bond donors (Lipinski definition) is 1. The van der Waals surface area contributed by atoms with Gasteiger partial charge in [0.05, 0.1) is 18.6 Å². The number of benzene rings is 5. The highest BCUT2D eigenvalue weighted by Gasteiger charge is 2.38. The summed E-state index contributed by atoms with van der Waals surface area (Å²) < 4.78 is 8.00. The van der Waals surface area contributed by atoms with Crippen LogP contribution >= 0.6 is 0 Å². The molecule has 0 saturated carbocycles. The van der Waals surface area contributed by atoms with Gasteiger partial charge in [0.25, 0.3) is 0 Å². The lowest BCUT2D eigenvalue weighted by Crippen LogP contribution is -2.37. The van der Waals surface area contributed by atoms with Gasteiger partial charge >= 0.3 is 0 Å². The SMILES string of the molecule is OC(c1ccc2c3c(ccc2c1)OCCC3)c1cn(C(c2ccccc2)(c2ccccc2)c2ccccc2)cn1. The van der Waals surface area contributed by atoms with Crippen LogP contribution < -0.4 is 4.74 Å². The molecule has 0 bridgehead atoms. The number of aryl methyl sites for hydroxylation is 1. The number of aliphatic hydroxyl groups excluding tert-OH is 1. The Morgan fingerprint density at radius 3 is 2.00 bits per heavy atom. The van der Waals surface area contributed by atoms with E-state index in [1.807, 2.05) is 36.8 Å². The van der Waals surface area contributed by atoms with E-state index in [1.165, 1.54) is 10.9 Å². The van der Waals surface area contributed by atoms with Crippen molar-refractivity contribution in [3.63, 3.8) is 0 Å². The Labute approximate surface area is 234 Å². The minimum atomic E-state index is -0.863. The number of imidazole rings is 1. The van der Waals surface area contributed by atoms with E-state index in [-0.39, 0.29) is 0 Å². The topological polar surface area (TPSA) is 47.3 Å². The molecule has 1 aromatic heterocycles. The third kappa shape index (κ3) is 4.00. The predicted octanol–water partition coefficient (Wildman–Crippen LogP) is 7.28. The number of ether oxygens (including phenoxy) is 1. The zero-order chi connectivity index (χ0) is 26.9. The van der Waals surface area contributed by atoms with Crippen LogP contribution in [0.2, 0.25) is 0 Å². The van der Waals surface area contributed by atoms with Crippen molar-refractivity contribution in [1.82, 2.24) is 9.55 Å². The van der Waals surface area contributed by atoms with Gasteiger partial charge in [-0.3, -0.25) is 0 Å². The second-order valence-corrected chi connectivity index (χ2v) is 10.4. The largest absolute Gasteiger partial charge is 0.493 e. The Bertz CT molecular complexity index is 1660. The standard InChI is InChI=1S/C36H30N2O2/c39-35(27-18-20-31-26(23-27)19-21-34-32(31)17-10-22-40-34)33-24-38(25-37-33)36(28-11-4-1-5-12-28,29-13-6-2-7-14-29)30-15-8-3-9-16-30/h1-9,11-16,18-21,23-25,35,39H,10,17,22H2. The molecule has 1 unspecified atom stereocenters. The molecule has 4 heteroatoms. The lowest BCUT2D eigenvalue weighted by Gasteiger charge is -2.37. The molecule has 0 amide bonds. The maximum absolute atomic E-state index is 11.6. The molecule has 196 valence electrons. The minimum absolute atomic E-state index is 0.604. The number of aromatic nitrogens is 2. The van der Waals surface area contributed by atoms with Gasteiger partial charge in [-0.25, -0.2) is 4.98 Å². The molecule has 2 heterocycles. The van der Waals surface area contributed by atoms with Crippen molar-refractivity contribution >= 4 is 10.8 Å². The van der Waals surface area contributed by atoms with Crippen molar-refractivity contribution in [3.05, 3.63) is 167 Å². The number of aliphatic hydroxyl groups is 1. The molecular formula is C36H30N2O2. The van der Waals surface area contributed by atoms with Gasteiger partial charge in [0.1, 0.15) is 17.4 Å². The number of nitrogens with zero attached hydrogens (tertiary/aromatic N) is 2. The summed E-state index contributed by atoms with van der Waals surface area (Å²) in [5.74, 6) is 0.977. The Balaban J connectivity index is 1.35. The van der Waals surface area contributed by atoms with Crippen LogP contribution in [0, 0.1) is 0 Å². The highest BCUT2D eigenvalue weighted by molar-refractivity contribution is 5.88. The molecule has 5 aromatic carbocycles.